The van der Waals surface area contributed by atoms with Crippen LogP contribution in [0, 0.1) is 8.34 Å². The van der Waals surface area contributed by atoms with Crippen LogP contribution in [-0.2, 0) is 0 Å². The van der Waals surface area contributed by atoms with Gasteiger partial charge < -0.3 is 5.11 Å². The molecular weight excluding hydrogens is 461 g/mol. The van der Waals surface area contributed by atoms with Crippen LogP contribution in [0.25, 0.3) is 11.8 Å². The second-order valence-electron chi connectivity index (χ2n) is 5.28. The summed E-state index contributed by atoms with van der Waals surface area (Å²) in [6, 6.07) is 16.8. The zero-order valence-corrected chi connectivity index (χ0v) is 16.4. The minimum Gasteiger partial charge on any atom is -0.494 e. The molecule has 26 heavy (non-hydrogen) atoms. The number of H-pyrrole nitrogens is 1. The van der Waals surface area contributed by atoms with Gasteiger partial charge in [0.05, 0.1) is 11.4 Å². The van der Waals surface area contributed by atoms with Crippen molar-refractivity contribution in [2.24, 2.45) is 4.99 Å². The smallest absolute Gasteiger partial charge is 0.262 e. The van der Waals surface area contributed by atoms with Crippen molar-refractivity contribution in [2.45, 2.75) is 0 Å². The van der Waals surface area contributed by atoms with Crippen LogP contribution in [0.3, 0.4) is 0 Å². The van der Waals surface area contributed by atoms with Crippen molar-refractivity contribution in [3.8, 4) is 11.6 Å². The second-order valence-corrected chi connectivity index (χ2v) is 6.91. The first kappa shape index (κ1) is 18.3. The lowest BCUT2D eigenvalue weighted by Crippen LogP contribution is -2.15. The summed E-state index contributed by atoms with van der Waals surface area (Å²) < 4.78 is 2.60. The summed E-state index contributed by atoms with van der Waals surface area (Å²) in [5, 5.41) is 10.6. The number of aliphatic imine (C=N–C) groups is 1. The number of rotatable bonds is 4. The molecule has 0 saturated carbocycles. The van der Waals surface area contributed by atoms with Gasteiger partial charge >= 0.3 is 0 Å². The van der Waals surface area contributed by atoms with Gasteiger partial charge in [-0.2, -0.15) is 0 Å². The van der Waals surface area contributed by atoms with Crippen molar-refractivity contribution in [3.05, 3.63) is 84.9 Å². The maximum Gasteiger partial charge on any atom is 0.262 e. The molecule has 5 nitrogen and oxygen atoms in total. The van der Waals surface area contributed by atoms with Crippen LogP contribution >= 0.6 is 34.8 Å². The van der Waals surface area contributed by atoms with Gasteiger partial charge in [-0.15, -0.1) is 0 Å². The van der Waals surface area contributed by atoms with Gasteiger partial charge in [-0.25, -0.2) is 0 Å². The summed E-state index contributed by atoms with van der Waals surface area (Å²) in [7, 11) is 0. The first-order chi connectivity index (χ1) is 12.6. The summed E-state index contributed by atoms with van der Waals surface area (Å²) in [4.78, 5) is 19.0. The van der Waals surface area contributed by atoms with Crippen molar-refractivity contribution in [1.82, 2.24) is 9.55 Å². The van der Waals surface area contributed by atoms with Crippen LogP contribution in [0.1, 0.15) is 5.56 Å². The fourth-order valence-electron chi connectivity index (χ4n) is 2.30. The average molecular weight is 475 g/mol. The maximum absolute atomic E-state index is 12.2. The van der Waals surface area contributed by atoms with E-state index in [1.165, 1.54) is 10.6 Å². The van der Waals surface area contributed by atoms with Gasteiger partial charge in [0.1, 0.15) is 5.56 Å². The van der Waals surface area contributed by atoms with Crippen LogP contribution in [0.4, 0.5) is 5.69 Å². The molecule has 0 saturated heterocycles. The SMILES string of the molecule is O=c1[nH]c(=S)n(-c2ccc(I)cc2)c(O)c1C=CC=Nc1ccccc1. The molecule has 0 amide bonds. The predicted molar refractivity (Wildman–Crippen MR) is 115 cm³/mol. The highest BCUT2D eigenvalue weighted by Crippen LogP contribution is 2.21. The Hall–Kier alpha value is -2.52. The largest absolute Gasteiger partial charge is 0.494 e. The van der Waals surface area contributed by atoms with E-state index in [2.05, 4.69) is 32.6 Å². The zero-order chi connectivity index (χ0) is 18.5. The van der Waals surface area contributed by atoms with Gasteiger partial charge in [-0.1, -0.05) is 18.2 Å². The van der Waals surface area contributed by atoms with Crippen molar-refractivity contribution in [2.75, 3.05) is 0 Å². The van der Waals surface area contributed by atoms with Crippen LogP contribution in [0.2, 0.25) is 0 Å². The molecule has 0 aliphatic rings. The number of hydrogen-bond acceptors (Lipinski definition) is 4. The molecule has 0 radical (unpaired) electrons. The Balaban J connectivity index is 1.97. The normalized spacial score (nSPS) is 11.4. The molecule has 2 N–H and O–H groups in total. The molecule has 0 spiro atoms. The van der Waals surface area contributed by atoms with E-state index in [0.717, 1.165) is 9.26 Å². The topological polar surface area (TPSA) is 70.4 Å². The monoisotopic (exact) mass is 475 g/mol. The van der Waals surface area contributed by atoms with Crippen LogP contribution in [-0.4, -0.2) is 20.9 Å². The van der Waals surface area contributed by atoms with E-state index in [1.807, 2.05) is 54.6 Å². The Morgan fingerprint density at radius 3 is 2.50 bits per heavy atom. The zero-order valence-electron chi connectivity index (χ0n) is 13.5. The minimum atomic E-state index is -0.460. The minimum absolute atomic E-state index is 0.108. The molecule has 1 aromatic heterocycles. The van der Waals surface area contributed by atoms with E-state index < -0.39 is 5.56 Å². The lowest BCUT2D eigenvalue weighted by atomic mass is 10.2. The highest BCUT2D eigenvalue weighted by atomic mass is 127. The molecule has 0 fully saturated rings. The lowest BCUT2D eigenvalue weighted by Gasteiger charge is -2.11. The maximum atomic E-state index is 12.2. The van der Waals surface area contributed by atoms with Gasteiger partial charge in [0, 0.05) is 9.78 Å². The number of aromatic amines is 1. The first-order valence-corrected chi connectivity index (χ1v) is 9.15. The fraction of sp³-hybridized carbons (Fsp3) is 0. The molecule has 0 atom stereocenters. The van der Waals surface area contributed by atoms with E-state index in [-0.39, 0.29) is 16.2 Å². The molecule has 0 unspecified atom stereocenters. The molecule has 0 aliphatic heterocycles. The highest BCUT2D eigenvalue weighted by Gasteiger charge is 2.11. The van der Waals surface area contributed by atoms with Crippen LogP contribution < -0.4 is 5.56 Å². The lowest BCUT2D eigenvalue weighted by molar-refractivity contribution is 0.432. The number of hydrogen-bond donors (Lipinski definition) is 2. The number of aromatic nitrogens is 2. The van der Waals surface area contributed by atoms with Crippen LogP contribution in [0.5, 0.6) is 5.88 Å². The molecule has 3 aromatic rings. The van der Waals surface area contributed by atoms with Crippen molar-refractivity contribution in [3.63, 3.8) is 0 Å². The number of allylic oxidation sites excluding steroid dienone is 1. The van der Waals surface area contributed by atoms with Crippen molar-refractivity contribution >= 4 is 52.8 Å². The second kappa shape index (κ2) is 8.24. The highest BCUT2D eigenvalue weighted by molar-refractivity contribution is 14.1. The average Bonchev–Trinajstić information content (AvgIpc) is 2.63. The van der Waals surface area contributed by atoms with E-state index in [1.54, 1.807) is 12.3 Å². The van der Waals surface area contributed by atoms with E-state index in [4.69, 9.17) is 12.2 Å². The molecule has 7 heteroatoms. The van der Waals surface area contributed by atoms with Gasteiger partial charge in [0.2, 0.25) is 5.88 Å². The van der Waals surface area contributed by atoms with Gasteiger partial charge in [-0.3, -0.25) is 19.3 Å². The summed E-state index contributed by atoms with van der Waals surface area (Å²) in [6.07, 6.45) is 4.65. The number of halogens is 1. The number of benzene rings is 2. The Labute approximate surface area is 168 Å². The summed E-state index contributed by atoms with van der Waals surface area (Å²) in [5.74, 6) is -0.218. The Morgan fingerprint density at radius 2 is 1.81 bits per heavy atom. The molecule has 2 aromatic carbocycles. The molecule has 0 aliphatic carbocycles. The van der Waals surface area contributed by atoms with Crippen molar-refractivity contribution in [1.29, 1.82) is 0 Å². The van der Waals surface area contributed by atoms with E-state index in [0.29, 0.717) is 5.69 Å². The summed E-state index contributed by atoms with van der Waals surface area (Å²) in [5.41, 5.74) is 1.11. The Morgan fingerprint density at radius 1 is 1.12 bits per heavy atom. The molecular formula is C19H14IN3O2S. The molecule has 3 rings (SSSR count). The number of nitrogens with zero attached hydrogens (tertiary/aromatic N) is 2. The standard InChI is InChI=1S/C19H14IN3O2S/c20-13-8-10-15(11-9-13)23-18(25)16(17(24)22-19(23)26)7-4-12-21-14-5-2-1-3-6-14/h1-12,25H,(H,22,24,26). The van der Waals surface area contributed by atoms with Crippen LogP contribution in [0.15, 0.2) is 70.5 Å². The third-order valence-electron chi connectivity index (χ3n) is 3.53. The third kappa shape index (κ3) is 4.17. The molecule has 130 valence electrons. The van der Waals surface area contributed by atoms with Crippen molar-refractivity contribution < 1.29 is 5.11 Å². The fourth-order valence-corrected chi connectivity index (χ4v) is 2.95. The summed E-state index contributed by atoms with van der Waals surface area (Å²) in [6.45, 7) is 0. The molecule has 1 heterocycles. The van der Waals surface area contributed by atoms with E-state index >= 15 is 0 Å². The van der Waals surface area contributed by atoms with E-state index in [9.17, 15) is 9.90 Å². The van der Waals surface area contributed by atoms with Gasteiger partial charge in [0.25, 0.3) is 5.56 Å². The number of para-hydroxylation sites is 1. The Bertz CT molecular complexity index is 1080. The Kier molecular flexibility index (Phi) is 5.79. The number of aromatic hydroxyl groups is 1. The van der Waals surface area contributed by atoms with Gasteiger partial charge in [0.15, 0.2) is 4.77 Å². The summed E-state index contributed by atoms with van der Waals surface area (Å²) >= 11 is 7.39. The first-order valence-electron chi connectivity index (χ1n) is 7.66. The number of nitrogens with one attached hydrogen (secondary N) is 1. The third-order valence-corrected chi connectivity index (χ3v) is 4.54. The molecule has 0 bridgehead atoms. The predicted octanol–water partition coefficient (Wildman–Crippen LogP) is 4.62. The van der Waals surface area contributed by atoms with Gasteiger partial charge in [-0.05, 0) is 83.4 Å². The quantitative estimate of drug-likeness (QED) is 0.329.